The number of hydrogen-bond acceptors (Lipinski definition) is 3. The van der Waals surface area contributed by atoms with Crippen molar-refractivity contribution in [2.24, 2.45) is 0 Å². The van der Waals surface area contributed by atoms with Gasteiger partial charge in [-0.1, -0.05) is 137 Å². The van der Waals surface area contributed by atoms with Crippen LogP contribution < -0.4 is 16.0 Å². The maximum atomic E-state index is 5.95. The summed E-state index contributed by atoms with van der Waals surface area (Å²) in [5.74, 6) is 0. The van der Waals surface area contributed by atoms with Crippen LogP contribution in [0.4, 0.5) is 17.1 Å². The van der Waals surface area contributed by atoms with Crippen molar-refractivity contribution in [2.45, 2.75) is 60.4 Å². The molecule has 5 aromatic rings. The lowest BCUT2D eigenvalue weighted by atomic mass is 9.97. The number of nitrogens with one attached hydrogen (secondary N) is 2. The average molecular weight is 753 g/mol. The second kappa shape index (κ2) is 22.8. The van der Waals surface area contributed by atoms with Crippen molar-refractivity contribution < 1.29 is 0 Å². The number of aromatic amines is 1. The van der Waals surface area contributed by atoms with Crippen LogP contribution in [0.3, 0.4) is 0 Å². The molecule has 0 saturated heterocycles. The van der Waals surface area contributed by atoms with Gasteiger partial charge in [-0.05, 0) is 133 Å². The predicted molar refractivity (Wildman–Crippen MR) is 254 cm³/mol. The number of aryl methyl sites for hydroxylation is 1. The lowest BCUT2D eigenvalue weighted by Crippen LogP contribution is -2.14. The summed E-state index contributed by atoms with van der Waals surface area (Å²) in [6, 6.07) is 35.6. The number of fused-ring (bicyclic) bond motifs is 1. The normalized spacial score (nSPS) is 16.4. The van der Waals surface area contributed by atoms with Gasteiger partial charge in [0, 0.05) is 40.7 Å². The summed E-state index contributed by atoms with van der Waals surface area (Å²) in [4.78, 5) is 5.67. The molecular weight excluding hydrogens is 693 g/mol. The molecule has 0 fully saturated rings. The summed E-state index contributed by atoms with van der Waals surface area (Å²) < 4.78 is 0. The Bertz CT molecular complexity index is 2270. The van der Waals surface area contributed by atoms with E-state index in [0.717, 1.165) is 57.7 Å². The van der Waals surface area contributed by atoms with Gasteiger partial charge in [-0.2, -0.15) is 0 Å². The van der Waals surface area contributed by atoms with E-state index in [-0.39, 0.29) is 0 Å². The van der Waals surface area contributed by atoms with Crippen LogP contribution in [-0.2, 0) is 6.42 Å². The molecule has 0 amide bonds. The SMILES string of the molecule is C/C=C(\C=C/CC(C)Nc1ccccc1N)c1ccccc1.C=C1/C=C\C=C/N(c2ccccc2)/C=C\C(c2ccc3[nH]c(/C=C\C)c(CC)c3c2)=C/C1=C.CC. The van der Waals surface area contributed by atoms with E-state index in [9.17, 15) is 0 Å². The number of allylic oxidation sites excluding steroid dienone is 12. The van der Waals surface area contributed by atoms with Crippen molar-refractivity contribution in [3.63, 3.8) is 0 Å². The molecule has 292 valence electrons. The average Bonchev–Trinajstić information content (AvgIpc) is 3.58. The van der Waals surface area contributed by atoms with Gasteiger partial charge in [-0.25, -0.2) is 0 Å². The lowest BCUT2D eigenvalue weighted by Gasteiger charge is -2.16. The van der Waals surface area contributed by atoms with Crippen LogP contribution in [0, 0.1) is 0 Å². The Balaban J connectivity index is 0.000000261. The summed E-state index contributed by atoms with van der Waals surface area (Å²) in [5, 5.41) is 4.71. The van der Waals surface area contributed by atoms with Crippen LogP contribution in [0.25, 0.3) is 28.1 Å². The Hall–Kier alpha value is -6.52. The summed E-state index contributed by atoms with van der Waals surface area (Å²) >= 11 is 0. The molecular formula is C53H60N4. The molecule has 4 aromatic carbocycles. The quantitative estimate of drug-likeness (QED) is 0.0983. The third kappa shape index (κ3) is 12.5. The topological polar surface area (TPSA) is 57.1 Å². The zero-order chi connectivity index (χ0) is 41.0. The van der Waals surface area contributed by atoms with Crippen LogP contribution in [0.2, 0.25) is 0 Å². The smallest absolute Gasteiger partial charge is 0.0576 e. The minimum Gasteiger partial charge on any atom is -0.397 e. The molecule has 1 aliphatic rings. The monoisotopic (exact) mass is 752 g/mol. The molecule has 0 aliphatic carbocycles. The molecule has 0 saturated carbocycles. The molecule has 4 nitrogen and oxygen atoms in total. The number of nitrogens with two attached hydrogens (primary N) is 1. The van der Waals surface area contributed by atoms with Gasteiger partial charge in [-0.3, -0.25) is 0 Å². The third-order valence-corrected chi connectivity index (χ3v) is 9.39. The van der Waals surface area contributed by atoms with Crippen LogP contribution in [0.1, 0.15) is 70.3 Å². The molecule has 4 heteroatoms. The molecule has 0 radical (unpaired) electrons. The first-order chi connectivity index (χ1) is 27.8. The number of nitrogen functional groups attached to an aromatic ring is 1. The number of para-hydroxylation sites is 3. The fraction of sp³-hybridized carbons (Fsp3) is 0.170. The van der Waals surface area contributed by atoms with Gasteiger partial charge in [-0.15, -0.1) is 0 Å². The first kappa shape index (κ1) is 43.2. The molecule has 1 aromatic heterocycles. The van der Waals surface area contributed by atoms with E-state index in [0.29, 0.717) is 6.04 Å². The van der Waals surface area contributed by atoms with E-state index in [2.05, 4.69) is 166 Å². The number of H-pyrrole nitrogens is 1. The molecule has 6 rings (SSSR count). The standard InChI is InChI=1S/C31H30N2.C20H24N2.C2H6/c1-5-12-30-28(6-2)29-22-25(16-17-31(29)32-30)26-18-20-33(27-14-8-7-9-15-27)19-11-10-13-23(3)24(4)21-26;1-3-17(18-11-5-4-6-12-18)13-9-10-16(2)22-20-15-8-7-14-19(20)21;1-2/h5,7-22,32H,3-4,6H2,1-2H3;3-9,11-16,22H,10,21H2,1-2H3;1-2H3/b12-5-,13-10-,19-11-,20-18-,26-21+;13-9-,17-3+;. The highest BCUT2D eigenvalue weighted by Crippen LogP contribution is 2.30. The van der Waals surface area contributed by atoms with E-state index in [1.165, 1.54) is 27.8 Å². The number of hydrogen-bond donors (Lipinski definition) is 3. The van der Waals surface area contributed by atoms with E-state index < -0.39 is 0 Å². The first-order valence-electron chi connectivity index (χ1n) is 20.0. The van der Waals surface area contributed by atoms with Crippen molar-refractivity contribution in [1.82, 2.24) is 4.98 Å². The second-order valence-corrected chi connectivity index (χ2v) is 13.4. The molecule has 1 atom stereocenters. The second-order valence-electron chi connectivity index (χ2n) is 13.4. The number of anilines is 3. The van der Waals surface area contributed by atoms with Gasteiger partial charge in [0.1, 0.15) is 0 Å². The Kier molecular flexibility index (Phi) is 17.3. The van der Waals surface area contributed by atoms with Crippen molar-refractivity contribution >= 4 is 45.2 Å². The number of nitrogens with zero attached hydrogens (tertiary/aromatic N) is 1. The highest BCUT2D eigenvalue weighted by Gasteiger charge is 2.11. The van der Waals surface area contributed by atoms with Crippen LogP contribution in [-0.4, -0.2) is 11.0 Å². The highest BCUT2D eigenvalue weighted by atomic mass is 15.1. The Morgan fingerprint density at radius 2 is 1.54 bits per heavy atom. The van der Waals surface area contributed by atoms with Gasteiger partial charge in [0.05, 0.1) is 11.4 Å². The van der Waals surface area contributed by atoms with E-state index in [1.807, 2.05) is 80.6 Å². The van der Waals surface area contributed by atoms with Gasteiger partial charge in [0.15, 0.2) is 0 Å². The van der Waals surface area contributed by atoms with Crippen LogP contribution in [0.15, 0.2) is 195 Å². The minimum absolute atomic E-state index is 0.329. The van der Waals surface area contributed by atoms with E-state index in [1.54, 1.807) is 0 Å². The minimum atomic E-state index is 0.329. The molecule has 4 N–H and O–H groups in total. The summed E-state index contributed by atoms with van der Waals surface area (Å²) in [7, 11) is 0. The van der Waals surface area contributed by atoms with Crippen molar-refractivity contribution in [1.29, 1.82) is 0 Å². The molecule has 1 unspecified atom stereocenters. The number of rotatable bonds is 10. The molecule has 2 heterocycles. The Morgan fingerprint density at radius 1 is 0.842 bits per heavy atom. The molecule has 1 aliphatic heterocycles. The van der Waals surface area contributed by atoms with Gasteiger partial charge < -0.3 is 20.9 Å². The maximum Gasteiger partial charge on any atom is 0.0576 e. The van der Waals surface area contributed by atoms with Gasteiger partial charge in [0.2, 0.25) is 0 Å². The van der Waals surface area contributed by atoms with E-state index in [4.69, 9.17) is 5.73 Å². The highest BCUT2D eigenvalue weighted by molar-refractivity contribution is 5.92. The Morgan fingerprint density at radius 3 is 2.23 bits per heavy atom. The number of benzene rings is 4. The van der Waals surface area contributed by atoms with Crippen molar-refractivity contribution in [3.8, 4) is 0 Å². The van der Waals surface area contributed by atoms with Gasteiger partial charge >= 0.3 is 0 Å². The summed E-state index contributed by atoms with van der Waals surface area (Å²) in [5.41, 5.74) is 19.0. The van der Waals surface area contributed by atoms with Crippen LogP contribution >= 0.6 is 0 Å². The molecule has 0 bridgehead atoms. The fourth-order valence-corrected chi connectivity index (χ4v) is 6.39. The first-order valence-corrected chi connectivity index (χ1v) is 20.0. The van der Waals surface area contributed by atoms with E-state index >= 15 is 0 Å². The zero-order valence-corrected chi connectivity index (χ0v) is 34.7. The molecule has 0 spiro atoms. The summed E-state index contributed by atoms with van der Waals surface area (Å²) in [6.07, 6.45) is 27.1. The molecule has 57 heavy (non-hydrogen) atoms. The largest absolute Gasteiger partial charge is 0.397 e. The fourth-order valence-electron chi connectivity index (χ4n) is 6.39. The lowest BCUT2D eigenvalue weighted by molar-refractivity contribution is 0.813. The maximum absolute atomic E-state index is 5.95. The summed E-state index contributed by atoms with van der Waals surface area (Å²) in [6.45, 7) is 20.9. The zero-order valence-electron chi connectivity index (χ0n) is 34.7. The van der Waals surface area contributed by atoms with Crippen molar-refractivity contribution in [3.05, 3.63) is 217 Å². The van der Waals surface area contributed by atoms with Crippen molar-refractivity contribution in [2.75, 3.05) is 16.0 Å². The third-order valence-electron chi connectivity index (χ3n) is 9.39. The predicted octanol–water partition coefficient (Wildman–Crippen LogP) is 14.5. The van der Waals surface area contributed by atoms with Gasteiger partial charge in [0.25, 0.3) is 0 Å². The number of aromatic nitrogens is 1. The Labute approximate surface area is 342 Å². The van der Waals surface area contributed by atoms with Crippen LogP contribution in [0.5, 0.6) is 0 Å².